The van der Waals surface area contributed by atoms with Gasteiger partial charge in [-0.2, -0.15) is 5.26 Å². The second kappa shape index (κ2) is 7.06. The van der Waals surface area contributed by atoms with Crippen molar-refractivity contribution in [1.82, 2.24) is 10.2 Å². The lowest BCUT2D eigenvalue weighted by molar-refractivity contribution is -0.113. The topological polar surface area (TPSA) is 81.9 Å². The Morgan fingerprint density at radius 1 is 1.38 bits per heavy atom. The molecule has 0 unspecified atom stereocenters. The first-order chi connectivity index (χ1) is 10.1. The lowest BCUT2D eigenvalue weighted by Crippen LogP contribution is -2.13. The first-order valence-corrected chi connectivity index (χ1v) is 7.82. The molecule has 0 spiro atoms. The highest BCUT2D eigenvalue weighted by Gasteiger charge is 2.09. The first-order valence-electron chi connectivity index (χ1n) is 6.02. The average Bonchev–Trinajstić information content (AvgIpc) is 2.95. The summed E-state index contributed by atoms with van der Waals surface area (Å²) >= 11 is 2.79. The van der Waals surface area contributed by atoms with Crippen LogP contribution in [-0.4, -0.2) is 36.0 Å². The van der Waals surface area contributed by atoms with Crippen molar-refractivity contribution in [3.63, 3.8) is 0 Å². The van der Waals surface area contributed by atoms with Crippen LogP contribution in [0, 0.1) is 11.3 Å². The summed E-state index contributed by atoms with van der Waals surface area (Å²) < 4.78 is 0.758. The summed E-state index contributed by atoms with van der Waals surface area (Å²) in [5.41, 5.74) is 1.23. The molecule has 0 radical (unpaired) electrons. The fourth-order valence-corrected chi connectivity index (χ4v) is 2.96. The molecule has 21 heavy (non-hydrogen) atoms. The molecule has 2 aromatic rings. The molecule has 1 heterocycles. The van der Waals surface area contributed by atoms with Crippen LogP contribution in [0.5, 0.6) is 0 Å². The third-order valence-electron chi connectivity index (χ3n) is 2.40. The molecule has 8 heteroatoms. The Labute approximate surface area is 130 Å². The Bertz CT molecular complexity index is 660. The molecule has 2 rings (SSSR count). The Balaban J connectivity index is 1.85. The Morgan fingerprint density at radius 3 is 2.67 bits per heavy atom. The number of benzene rings is 1. The van der Waals surface area contributed by atoms with E-state index in [0.29, 0.717) is 11.3 Å². The standard InChI is InChI=1S/C13H13N5OS2/c1-18(2)12-16-17-13(21-12)20-8-11(19)15-10-5-3-9(7-14)4-6-10/h3-6H,8H2,1-2H3,(H,15,19). The molecule has 0 fully saturated rings. The zero-order valence-electron chi connectivity index (χ0n) is 11.5. The maximum atomic E-state index is 11.8. The molecule has 6 nitrogen and oxygen atoms in total. The van der Waals surface area contributed by atoms with Gasteiger partial charge in [0, 0.05) is 19.8 Å². The van der Waals surface area contributed by atoms with Crippen LogP contribution in [0.1, 0.15) is 5.56 Å². The SMILES string of the molecule is CN(C)c1nnc(SCC(=O)Nc2ccc(C#N)cc2)s1. The predicted molar refractivity (Wildman–Crippen MR) is 84.7 cm³/mol. The molecule has 1 aromatic carbocycles. The molecule has 0 saturated carbocycles. The summed E-state index contributed by atoms with van der Waals surface area (Å²) in [6, 6.07) is 8.77. The second-order valence-corrected chi connectivity index (χ2v) is 6.45. The van der Waals surface area contributed by atoms with E-state index in [1.54, 1.807) is 24.3 Å². The van der Waals surface area contributed by atoms with Crippen LogP contribution >= 0.6 is 23.1 Å². The van der Waals surface area contributed by atoms with Gasteiger partial charge in [0.05, 0.1) is 17.4 Å². The van der Waals surface area contributed by atoms with Gasteiger partial charge in [0.15, 0.2) is 4.34 Å². The lowest BCUT2D eigenvalue weighted by Gasteiger charge is -2.04. The number of carbonyl (C=O) groups is 1. The van der Waals surface area contributed by atoms with Crippen LogP contribution in [0.4, 0.5) is 10.8 Å². The minimum atomic E-state index is -0.119. The van der Waals surface area contributed by atoms with E-state index in [9.17, 15) is 4.79 Å². The summed E-state index contributed by atoms with van der Waals surface area (Å²) in [6.45, 7) is 0. The van der Waals surface area contributed by atoms with Crippen molar-refractivity contribution < 1.29 is 4.79 Å². The summed E-state index contributed by atoms with van der Waals surface area (Å²) in [7, 11) is 3.79. The number of carbonyl (C=O) groups excluding carboxylic acids is 1. The number of amides is 1. The number of hydrogen-bond acceptors (Lipinski definition) is 7. The van der Waals surface area contributed by atoms with Crippen molar-refractivity contribution in [2.75, 3.05) is 30.1 Å². The molecule has 1 amide bonds. The first kappa shape index (κ1) is 15.3. The Hall–Kier alpha value is -2.11. The molecule has 0 bridgehead atoms. The molecule has 0 aliphatic heterocycles. The zero-order valence-corrected chi connectivity index (χ0v) is 13.2. The smallest absolute Gasteiger partial charge is 0.234 e. The number of rotatable bonds is 5. The van der Waals surface area contributed by atoms with Crippen molar-refractivity contribution in [3.05, 3.63) is 29.8 Å². The van der Waals surface area contributed by atoms with E-state index in [2.05, 4.69) is 15.5 Å². The van der Waals surface area contributed by atoms with Crippen molar-refractivity contribution in [1.29, 1.82) is 5.26 Å². The van der Waals surface area contributed by atoms with Gasteiger partial charge in [-0.15, -0.1) is 10.2 Å². The fraction of sp³-hybridized carbons (Fsp3) is 0.231. The number of hydrogen-bond donors (Lipinski definition) is 1. The second-order valence-electron chi connectivity index (χ2n) is 4.27. The molecular weight excluding hydrogens is 306 g/mol. The summed E-state index contributed by atoms with van der Waals surface area (Å²) in [4.78, 5) is 13.7. The largest absolute Gasteiger partial charge is 0.353 e. The highest BCUT2D eigenvalue weighted by Crippen LogP contribution is 2.26. The molecular formula is C13H13N5OS2. The molecule has 1 aromatic heterocycles. The van der Waals surface area contributed by atoms with Gasteiger partial charge in [-0.25, -0.2) is 0 Å². The van der Waals surface area contributed by atoms with Crippen LogP contribution in [0.15, 0.2) is 28.6 Å². The molecule has 108 valence electrons. The summed E-state index contributed by atoms with van der Waals surface area (Å²) in [5, 5.41) is 20.3. The zero-order chi connectivity index (χ0) is 15.2. The highest BCUT2D eigenvalue weighted by atomic mass is 32.2. The van der Waals surface area contributed by atoms with Gasteiger partial charge in [0.25, 0.3) is 0 Å². The van der Waals surface area contributed by atoms with E-state index < -0.39 is 0 Å². The highest BCUT2D eigenvalue weighted by molar-refractivity contribution is 8.01. The molecule has 0 aliphatic carbocycles. The average molecular weight is 319 g/mol. The van der Waals surface area contributed by atoms with Crippen LogP contribution in [-0.2, 0) is 4.79 Å². The minimum Gasteiger partial charge on any atom is -0.353 e. The van der Waals surface area contributed by atoms with Crippen LogP contribution in [0.3, 0.4) is 0 Å². The monoisotopic (exact) mass is 319 g/mol. The molecule has 1 N–H and O–H groups in total. The van der Waals surface area contributed by atoms with Gasteiger partial charge in [-0.05, 0) is 24.3 Å². The van der Waals surface area contributed by atoms with Crippen molar-refractivity contribution in [2.45, 2.75) is 4.34 Å². The lowest BCUT2D eigenvalue weighted by atomic mass is 10.2. The van der Waals surface area contributed by atoms with E-state index in [1.807, 2.05) is 25.1 Å². The number of nitrogens with one attached hydrogen (secondary N) is 1. The van der Waals surface area contributed by atoms with Crippen LogP contribution in [0.2, 0.25) is 0 Å². The maximum Gasteiger partial charge on any atom is 0.234 e. The Kier molecular flexibility index (Phi) is 5.14. The third kappa shape index (κ3) is 4.44. The molecule has 0 saturated heterocycles. The predicted octanol–water partition coefficient (Wildman–Crippen LogP) is 2.21. The van der Waals surface area contributed by atoms with E-state index in [0.717, 1.165) is 9.47 Å². The summed E-state index contributed by atoms with van der Waals surface area (Å²) in [6.07, 6.45) is 0. The van der Waals surface area contributed by atoms with Gasteiger partial charge in [-0.1, -0.05) is 23.1 Å². The van der Waals surface area contributed by atoms with Crippen molar-refractivity contribution in [2.24, 2.45) is 0 Å². The normalized spacial score (nSPS) is 9.95. The maximum absolute atomic E-state index is 11.8. The van der Waals surface area contributed by atoms with Crippen molar-refractivity contribution >= 4 is 39.8 Å². The quantitative estimate of drug-likeness (QED) is 0.851. The Morgan fingerprint density at radius 2 is 2.10 bits per heavy atom. The van der Waals surface area contributed by atoms with Crippen molar-refractivity contribution in [3.8, 4) is 6.07 Å². The van der Waals surface area contributed by atoms with E-state index in [4.69, 9.17) is 5.26 Å². The van der Waals surface area contributed by atoms with Gasteiger partial charge in [-0.3, -0.25) is 4.79 Å². The van der Waals surface area contributed by atoms with Gasteiger partial charge < -0.3 is 10.2 Å². The van der Waals surface area contributed by atoms with E-state index in [1.165, 1.54) is 23.1 Å². The molecule has 0 aliphatic rings. The third-order valence-corrected chi connectivity index (χ3v) is 4.63. The molecule has 0 atom stereocenters. The number of thioether (sulfide) groups is 1. The van der Waals surface area contributed by atoms with E-state index in [-0.39, 0.29) is 11.7 Å². The van der Waals surface area contributed by atoms with Gasteiger partial charge in [0.2, 0.25) is 11.0 Å². The fourth-order valence-electron chi connectivity index (χ4n) is 1.39. The van der Waals surface area contributed by atoms with Gasteiger partial charge in [0.1, 0.15) is 0 Å². The summed E-state index contributed by atoms with van der Waals surface area (Å²) in [5.74, 6) is 0.147. The number of nitriles is 1. The minimum absolute atomic E-state index is 0.119. The van der Waals surface area contributed by atoms with Gasteiger partial charge >= 0.3 is 0 Å². The van der Waals surface area contributed by atoms with Crippen LogP contribution in [0.25, 0.3) is 0 Å². The van der Waals surface area contributed by atoms with E-state index >= 15 is 0 Å². The number of nitrogens with zero attached hydrogens (tertiary/aromatic N) is 4. The number of anilines is 2. The van der Waals surface area contributed by atoms with Crippen LogP contribution < -0.4 is 10.2 Å². The number of aromatic nitrogens is 2.